The number of rotatable bonds is 5. The zero-order valence-corrected chi connectivity index (χ0v) is 11.9. The SMILES string of the molecule is Cn1cnnc1CCNC(=O)c1ccc([N+](=O)[O-])cc1Cl. The van der Waals surface area contributed by atoms with E-state index in [9.17, 15) is 14.9 Å². The number of nitrogens with one attached hydrogen (secondary N) is 1. The second-order valence-corrected chi connectivity index (χ2v) is 4.69. The van der Waals surface area contributed by atoms with Crippen LogP contribution in [0.4, 0.5) is 5.69 Å². The number of hydrogen-bond donors (Lipinski definition) is 1. The highest BCUT2D eigenvalue weighted by atomic mass is 35.5. The van der Waals surface area contributed by atoms with Crippen LogP contribution in [0.25, 0.3) is 0 Å². The Morgan fingerprint density at radius 2 is 2.29 bits per heavy atom. The first-order valence-corrected chi connectivity index (χ1v) is 6.42. The minimum atomic E-state index is -0.568. The molecule has 0 aliphatic heterocycles. The highest BCUT2D eigenvalue weighted by Gasteiger charge is 2.14. The van der Waals surface area contributed by atoms with Crippen LogP contribution in [0.5, 0.6) is 0 Å². The molecular formula is C12H12ClN5O3. The van der Waals surface area contributed by atoms with Gasteiger partial charge in [-0.2, -0.15) is 0 Å². The predicted octanol–water partition coefficient (Wildman–Crippen LogP) is 1.35. The number of hydrogen-bond acceptors (Lipinski definition) is 5. The van der Waals surface area contributed by atoms with Crippen molar-refractivity contribution in [3.05, 3.63) is 51.1 Å². The first-order valence-electron chi connectivity index (χ1n) is 6.04. The monoisotopic (exact) mass is 309 g/mol. The fraction of sp³-hybridized carbons (Fsp3) is 0.250. The summed E-state index contributed by atoms with van der Waals surface area (Å²) in [5.74, 6) is 0.349. The van der Waals surface area contributed by atoms with Crippen molar-refractivity contribution in [1.29, 1.82) is 0 Å². The van der Waals surface area contributed by atoms with E-state index < -0.39 is 10.8 Å². The maximum atomic E-state index is 12.0. The van der Waals surface area contributed by atoms with E-state index in [1.54, 1.807) is 10.9 Å². The van der Waals surface area contributed by atoms with E-state index in [0.717, 1.165) is 11.9 Å². The quantitative estimate of drug-likeness (QED) is 0.663. The fourth-order valence-corrected chi connectivity index (χ4v) is 1.98. The third kappa shape index (κ3) is 3.54. The largest absolute Gasteiger partial charge is 0.352 e. The Morgan fingerprint density at radius 3 is 2.86 bits per heavy atom. The molecule has 0 aliphatic carbocycles. The lowest BCUT2D eigenvalue weighted by Gasteiger charge is -2.06. The van der Waals surface area contributed by atoms with Crippen molar-refractivity contribution in [2.45, 2.75) is 6.42 Å². The van der Waals surface area contributed by atoms with Crippen LogP contribution >= 0.6 is 11.6 Å². The van der Waals surface area contributed by atoms with Gasteiger partial charge >= 0.3 is 0 Å². The molecule has 1 heterocycles. The van der Waals surface area contributed by atoms with E-state index in [1.165, 1.54) is 12.1 Å². The van der Waals surface area contributed by atoms with Crippen molar-refractivity contribution in [2.24, 2.45) is 7.05 Å². The van der Waals surface area contributed by atoms with Crippen LogP contribution in [-0.4, -0.2) is 32.1 Å². The molecule has 0 spiro atoms. The summed E-state index contributed by atoms with van der Waals surface area (Å²) in [5, 5.41) is 21.0. The molecule has 0 fully saturated rings. The number of amides is 1. The van der Waals surface area contributed by atoms with Gasteiger partial charge < -0.3 is 9.88 Å². The molecule has 0 radical (unpaired) electrons. The Balaban J connectivity index is 1.97. The second-order valence-electron chi connectivity index (χ2n) is 4.29. The van der Waals surface area contributed by atoms with Crippen LogP contribution in [-0.2, 0) is 13.5 Å². The van der Waals surface area contributed by atoms with Gasteiger partial charge in [-0.05, 0) is 6.07 Å². The van der Waals surface area contributed by atoms with Gasteiger partial charge in [0.05, 0.1) is 15.5 Å². The summed E-state index contributed by atoms with van der Waals surface area (Å²) in [6.07, 6.45) is 2.09. The first-order chi connectivity index (χ1) is 9.99. The molecule has 110 valence electrons. The maximum absolute atomic E-state index is 12.0. The minimum Gasteiger partial charge on any atom is -0.352 e. The number of nitro groups is 1. The molecule has 2 rings (SSSR count). The summed E-state index contributed by atoms with van der Waals surface area (Å²) in [6.45, 7) is 0.360. The van der Waals surface area contributed by atoms with E-state index in [4.69, 9.17) is 11.6 Å². The number of aromatic nitrogens is 3. The van der Waals surface area contributed by atoms with Gasteiger partial charge in [-0.3, -0.25) is 14.9 Å². The highest BCUT2D eigenvalue weighted by Crippen LogP contribution is 2.22. The topological polar surface area (TPSA) is 103 Å². The van der Waals surface area contributed by atoms with Crippen LogP contribution < -0.4 is 5.32 Å². The van der Waals surface area contributed by atoms with E-state index in [0.29, 0.717) is 13.0 Å². The molecule has 2 aromatic rings. The molecule has 1 amide bonds. The van der Waals surface area contributed by atoms with Crippen LogP contribution in [0.2, 0.25) is 5.02 Å². The molecule has 0 saturated carbocycles. The van der Waals surface area contributed by atoms with Crippen LogP contribution in [0, 0.1) is 10.1 Å². The van der Waals surface area contributed by atoms with Gasteiger partial charge in [0, 0.05) is 32.1 Å². The van der Waals surface area contributed by atoms with Crippen LogP contribution in [0.3, 0.4) is 0 Å². The van der Waals surface area contributed by atoms with Crippen LogP contribution in [0.1, 0.15) is 16.2 Å². The fourth-order valence-electron chi connectivity index (χ4n) is 1.72. The number of aryl methyl sites for hydroxylation is 1. The molecule has 21 heavy (non-hydrogen) atoms. The lowest BCUT2D eigenvalue weighted by Crippen LogP contribution is -2.26. The van der Waals surface area contributed by atoms with E-state index in [1.807, 2.05) is 7.05 Å². The van der Waals surface area contributed by atoms with E-state index >= 15 is 0 Å². The Labute approximate surface area is 124 Å². The number of nitro benzene ring substituents is 1. The lowest BCUT2D eigenvalue weighted by atomic mass is 10.2. The molecule has 0 saturated heterocycles. The molecular weight excluding hydrogens is 298 g/mol. The molecule has 8 nitrogen and oxygen atoms in total. The summed E-state index contributed by atoms with van der Waals surface area (Å²) >= 11 is 5.88. The number of nitrogens with zero attached hydrogens (tertiary/aromatic N) is 4. The molecule has 0 atom stereocenters. The molecule has 0 unspecified atom stereocenters. The minimum absolute atomic E-state index is 0.0420. The lowest BCUT2D eigenvalue weighted by molar-refractivity contribution is -0.384. The normalized spacial score (nSPS) is 10.4. The first kappa shape index (κ1) is 14.9. The van der Waals surface area contributed by atoms with Gasteiger partial charge in [0.1, 0.15) is 12.2 Å². The molecule has 1 aromatic carbocycles. The maximum Gasteiger partial charge on any atom is 0.270 e. The summed E-state index contributed by atoms with van der Waals surface area (Å²) in [5.41, 5.74) is 0.0378. The number of carbonyl (C=O) groups is 1. The number of non-ortho nitro benzene ring substituents is 1. The predicted molar refractivity (Wildman–Crippen MR) is 75.1 cm³/mol. The zero-order chi connectivity index (χ0) is 15.4. The van der Waals surface area contributed by atoms with Gasteiger partial charge in [0.15, 0.2) is 0 Å². The van der Waals surface area contributed by atoms with Gasteiger partial charge in [0.2, 0.25) is 0 Å². The van der Waals surface area contributed by atoms with E-state index in [2.05, 4.69) is 15.5 Å². The molecule has 0 bridgehead atoms. The zero-order valence-electron chi connectivity index (χ0n) is 11.1. The number of carbonyl (C=O) groups excluding carboxylic acids is 1. The van der Waals surface area contributed by atoms with Gasteiger partial charge in [-0.15, -0.1) is 10.2 Å². The van der Waals surface area contributed by atoms with Gasteiger partial charge in [0.25, 0.3) is 11.6 Å². The van der Waals surface area contributed by atoms with Gasteiger partial charge in [-0.1, -0.05) is 11.6 Å². The molecule has 9 heteroatoms. The molecule has 0 aliphatic rings. The smallest absolute Gasteiger partial charge is 0.270 e. The number of halogens is 1. The second kappa shape index (κ2) is 6.31. The van der Waals surface area contributed by atoms with Crippen molar-refractivity contribution in [3.8, 4) is 0 Å². The summed E-state index contributed by atoms with van der Waals surface area (Å²) in [4.78, 5) is 22.0. The Kier molecular flexibility index (Phi) is 4.49. The summed E-state index contributed by atoms with van der Waals surface area (Å²) in [7, 11) is 1.81. The van der Waals surface area contributed by atoms with Gasteiger partial charge in [-0.25, -0.2) is 0 Å². The van der Waals surface area contributed by atoms with Crippen LogP contribution in [0.15, 0.2) is 24.5 Å². The molecule has 1 aromatic heterocycles. The molecule has 1 N–H and O–H groups in total. The Bertz CT molecular complexity index is 685. The average molecular weight is 310 g/mol. The Hall–Kier alpha value is -2.48. The number of benzene rings is 1. The van der Waals surface area contributed by atoms with E-state index in [-0.39, 0.29) is 16.3 Å². The van der Waals surface area contributed by atoms with Crippen molar-refractivity contribution >= 4 is 23.2 Å². The standard InChI is InChI=1S/C12H12ClN5O3/c1-17-7-15-16-11(17)4-5-14-12(19)9-3-2-8(18(20)21)6-10(9)13/h2-3,6-7H,4-5H2,1H3,(H,14,19). The Morgan fingerprint density at radius 1 is 1.52 bits per heavy atom. The third-order valence-corrected chi connectivity index (χ3v) is 3.16. The highest BCUT2D eigenvalue weighted by molar-refractivity contribution is 6.34. The summed E-state index contributed by atoms with van der Waals surface area (Å²) in [6, 6.07) is 3.72. The van der Waals surface area contributed by atoms with Crippen molar-refractivity contribution in [2.75, 3.05) is 6.54 Å². The van der Waals surface area contributed by atoms with Crippen molar-refractivity contribution in [1.82, 2.24) is 20.1 Å². The average Bonchev–Trinajstić information content (AvgIpc) is 2.84. The summed E-state index contributed by atoms with van der Waals surface area (Å²) < 4.78 is 1.75. The third-order valence-electron chi connectivity index (χ3n) is 2.85. The van der Waals surface area contributed by atoms with Crippen molar-refractivity contribution < 1.29 is 9.72 Å². The van der Waals surface area contributed by atoms with Crippen molar-refractivity contribution in [3.63, 3.8) is 0 Å².